The van der Waals surface area contributed by atoms with Gasteiger partial charge < -0.3 is 5.11 Å². The largest absolute Gasteiger partial charge is 0.388 e. The van der Waals surface area contributed by atoms with Gasteiger partial charge in [-0.15, -0.1) is 9.62 Å². The molecule has 0 saturated carbocycles. The molecule has 62 valence electrons. The first-order valence-electron chi connectivity index (χ1n) is 3.55. The van der Waals surface area contributed by atoms with Gasteiger partial charge in [0.2, 0.25) is 0 Å². The fraction of sp³-hybridized carbons (Fsp3) is 0.875. The molecule has 1 atom stereocenters. The minimum absolute atomic E-state index is 0.164. The lowest BCUT2D eigenvalue weighted by Crippen LogP contribution is -2.28. The third-order valence-corrected chi connectivity index (χ3v) is 2.64. The molecule has 1 nitrogen and oxygen atoms in total. The van der Waals surface area contributed by atoms with Gasteiger partial charge in [-0.1, -0.05) is 13.8 Å². The Labute approximate surface area is 65.4 Å². The Morgan fingerprint density at radius 1 is 1.40 bits per heavy atom. The summed E-state index contributed by atoms with van der Waals surface area (Å²) in [6.45, 7) is 4.08. The number of aliphatic hydroxyl groups excluding tert-OH is 1. The Balaban J connectivity index is 3.80. The molecule has 0 aromatic heterocycles. The third kappa shape index (κ3) is 5.00. The van der Waals surface area contributed by atoms with E-state index < -0.39 is 9.62 Å². The fourth-order valence-electron chi connectivity index (χ4n) is 0.655. The summed E-state index contributed by atoms with van der Waals surface area (Å²) in [5, 5.41) is 9.44. The van der Waals surface area contributed by atoms with Gasteiger partial charge in [-0.2, -0.15) is 0 Å². The van der Waals surface area contributed by atoms with Crippen LogP contribution in [0.5, 0.6) is 0 Å². The zero-order chi connectivity index (χ0) is 8.36. The Bertz CT molecular complexity index is 134. The quantitative estimate of drug-likeness (QED) is 0.483. The number of hydrogen-bond acceptors (Lipinski definition) is 1. The Kier molecular flexibility index (Phi) is 3.60. The molecule has 0 fully saturated rings. The normalized spacial score (nSPS) is 15.8. The second-order valence-electron chi connectivity index (χ2n) is 3.75. The molecule has 1 N–H and O–H groups in total. The molecule has 0 radical (unpaired) electrons. The van der Waals surface area contributed by atoms with Crippen molar-refractivity contribution in [2.45, 2.75) is 20.0 Å². The highest BCUT2D eigenvalue weighted by atomic mass is 32.2. The van der Waals surface area contributed by atoms with Crippen molar-refractivity contribution in [2.24, 2.45) is 5.92 Å². The lowest BCUT2D eigenvalue weighted by Gasteiger charge is -2.16. The molecule has 0 aromatic rings. The van der Waals surface area contributed by atoms with Crippen LogP contribution < -0.4 is 0 Å². The Morgan fingerprint density at radius 3 is 1.90 bits per heavy atom. The van der Waals surface area contributed by atoms with Crippen LogP contribution in [0.1, 0.15) is 13.8 Å². The molecular formula is C8H19OS+. The van der Waals surface area contributed by atoms with Gasteiger partial charge in [-0.25, -0.2) is 0 Å². The predicted molar refractivity (Wildman–Crippen MR) is 52.0 cm³/mol. The van der Waals surface area contributed by atoms with Crippen LogP contribution in [0.3, 0.4) is 0 Å². The van der Waals surface area contributed by atoms with Gasteiger partial charge in [0, 0.05) is 5.87 Å². The van der Waals surface area contributed by atoms with E-state index in [-0.39, 0.29) is 6.10 Å². The van der Waals surface area contributed by atoms with Crippen LogP contribution in [-0.4, -0.2) is 35.3 Å². The Hall–Kier alpha value is 0.180. The van der Waals surface area contributed by atoms with Gasteiger partial charge in [0.15, 0.2) is 0 Å². The highest BCUT2D eigenvalue weighted by molar-refractivity contribution is 8.10. The minimum Gasteiger partial charge on any atom is -0.388 e. The van der Waals surface area contributed by atoms with Gasteiger partial charge in [-0.05, 0) is 5.92 Å². The predicted octanol–water partition coefficient (Wildman–Crippen LogP) is 0.849. The summed E-state index contributed by atoms with van der Waals surface area (Å²) in [7, 11) is -0.768. The number of rotatable bonds is 3. The van der Waals surface area contributed by atoms with Crippen molar-refractivity contribution < 1.29 is 5.11 Å². The molecule has 0 spiro atoms. The van der Waals surface area contributed by atoms with Gasteiger partial charge in [0.25, 0.3) is 0 Å². The summed E-state index contributed by atoms with van der Waals surface area (Å²) in [6.07, 6.45) is 4.08. The first-order chi connectivity index (χ1) is 4.33. The molecule has 0 aliphatic heterocycles. The molecule has 0 saturated heterocycles. The van der Waals surface area contributed by atoms with Crippen molar-refractivity contribution in [2.75, 3.05) is 18.3 Å². The maximum atomic E-state index is 9.44. The van der Waals surface area contributed by atoms with Crippen LogP contribution in [0.15, 0.2) is 0 Å². The molecule has 0 aliphatic carbocycles. The lowest BCUT2D eigenvalue weighted by atomic mass is 10.1. The van der Waals surface area contributed by atoms with E-state index in [0.29, 0.717) is 5.92 Å². The molecule has 0 amide bonds. The molecule has 2 heteroatoms. The van der Waals surface area contributed by atoms with Crippen LogP contribution >= 0.6 is 0 Å². The van der Waals surface area contributed by atoms with Gasteiger partial charge in [0.1, 0.15) is 5.75 Å². The van der Waals surface area contributed by atoms with Crippen molar-refractivity contribution >= 4 is 15.5 Å². The van der Waals surface area contributed by atoms with Gasteiger partial charge >= 0.3 is 0 Å². The minimum atomic E-state index is -0.768. The van der Waals surface area contributed by atoms with E-state index in [4.69, 9.17) is 0 Å². The standard InChI is InChI=1S/C8H19OS/c1-7(2)8(9)6-10(3,4)5/h7-9H,3,6H2,1-2,4-5H3/q+1. The number of hydrogen-bond donors (Lipinski definition) is 1. The van der Waals surface area contributed by atoms with E-state index in [9.17, 15) is 5.11 Å². The topological polar surface area (TPSA) is 20.2 Å². The van der Waals surface area contributed by atoms with Gasteiger partial charge in [0.05, 0.1) is 18.6 Å². The summed E-state index contributed by atoms with van der Waals surface area (Å²) in [5.41, 5.74) is 0. The lowest BCUT2D eigenvalue weighted by molar-refractivity contribution is 0.148. The molecule has 1 unspecified atom stereocenters. The SMILES string of the molecule is C=[S+](C)(C)CC(O)C(C)C. The van der Waals surface area contributed by atoms with Gasteiger partial charge in [-0.3, -0.25) is 0 Å². The maximum absolute atomic E-state index is 9.44. The van der Waals surface area contributed by atoms with Crippen molar-refractivity contribution in [3.63, 3.8) is 0 Å². The van der Waals surface area contributed by atoms with Crippen molar-refractivity contribution in [1.82, 2.24) is 0 Å². The molecule has 0 rings (SSSR count). The average Bonchev–Trinajstić information content (AvgIpc) is 1.60. The van der Waals surface area contributed by atoms with E-state index in [2.05, 4.69) is 18.4 Å². The van der Waals surface area contributed by atoms with Crippen LogP contribution in [0.2, 0.25) is 0 Å². The molecular weight excluding hydrogens is 144 g/mol. The molecule has 0 aliphatic rings. The van der Waals surface area contributed by atoms with Crippen molar-refractivity contribution in [3.8, 4) is 0 Å². The van der Waals surface area contributed by atoms with Crippen molar-refractivity contribution in [1.29, 1.82) is 0 Å². The van der Waals surface area contributed by atoms with Crippen LogP contribution in [0.25, 0.3) is 0 Å². The van der Waals surface area contributed by atoms with Crippen LogP contribution in [0.4, 0.5) is 0 Å². The highest BCUT2D eigenvalue weighted by Gasteiger charge is 2.16. The smallest absolute Gasteiger partial charge is 0.100 e. The summed E-state index contributed by atoms with van der Waals surface area (Å²) < 4.78 is 0. The molecule has 0 bridgehead atoms. The van der Waals surface area contributed by atoms with Crippen LogP contribution in [0, 0.1) is 5.92 Å². The van der Waals surface area contributed by atoms with E-state index in [1.807, 2.05) is 13.8 Å². The monoisotopic (exact) mass is 163 g/mol. The van der Waals surface area contributed by atoms with E-state index in [0.717, 1.165) is 5.75 Å². The first-order valence-corrected chi connectivity index (χ1v) is 6.34. The fourth-order valence-corrected chi connectivity index (χ4v) is 1.96. The average molecular weight is 163 g/mol. The zero-order valence-electron chi connectivity index (χ0n) is 7.42. The summed E-state index contributed by atoms with van der Waals surface area (Å²) >= 11 is 0. The Morgan fingerprint density at radius 2 is 1.80 bits per heavy atom. The zero-order valence-corrected chi connectivity index (χ0v) is 8.24. The summed E-state index contributed by atoms with van der Waals surface area (Å²) in [5.74, 6) is 5.25. The summed E-state index contributed by atoms with van der Waals surface area (Å²) in [6, 6.07) is 0. The number of aliphatic hydroxyl groups is 1. The molecule has 0 heterocycles. The van der Waals surface area contributed by atoms with Crippen LogP contribution in [-0.2, 0) is 9.62 Å². The first kappa shape index (κ1) is 10.2. The van der Waals surface area contributed by atoms with Crippen molar-refractivity contribution in [3.05, 3.63) is 0 Å². The van der Waals surface area contributed by atoms with E-state index >= 15 is 0 Å². The maximum Gasteiger partial charge on any atom is 0.100 e. The second-order valence-corrected chi connectivity index (χ2v) is 7.61. The van der Waals surface area contributed by atoms with E-state index in [1.165, 1.54) is 0 Å². The molecule has 10 heavy (non-hydrogen) atoms. The van der Waals surface area contributed by atoms with E-state index in [1.54, 1.807) is 0 Å². The second kappa shape index (κ2) is 3.54. The molecule has 0 aromatic carbocycles. The third-order valence-electron chi connectivity index (χ3n) is 1.39. The highest BCUT2D eigenvalue weighted by Crippen LogP contribution is 2.06. The summed E-state index contributed by atoms with van der Waals surface area (Å²) in [4.78, 5) is 0.